The maximum absolute atomic E-state index is 6.57. The van der Waals surface area contributed by atoms with Crippen LogP contribution in [0.3, 0.4) is 0 Å². The van der Waals surface area contributed by atoms with Gasteiger partial charge in [0.25, 0.3) is 0 Å². The number of thiophene rings is 1. The zero-order valence-corrected chi connectivity index (χ0v) is 34.4. The highest BCUT2D eigenvalue weighted by Gasteiger charge is 2.35. The van der Waals surface area contributed by atoms with Crippen molar-refractivity contribution in [2.75, 3.05) is 4.90 Å². The molecule has 3 heteroatoms. The quantitative estimate of drug-likeness (QED) is 0.167. The van der Waals surface area contributed by atoms with Gasteiger partial charge < -0.3 is 9.32 Å². The summed E-state index contributed by atoms with van der Waals surface area (Å²) in [5.41, 5.74) is 18.2. The van der Waals surface area contributed by atoms with E-state index in [0.717, 1.165) is 40.9 Å². The fourth-order valence-corrected chi connectivity index (χ4v) is 11.4. The molecule has 286 valence electrons. The highest BCUT2D eigenvalue weighted by Crippen LogP contribution is 2.51. The predicted molar refractivity (Wildman–Crippen MR) is 254 cm³/mol. The van der Waals surface area contributed by atoms with Gasteiger partial charge in [0.2, 0.25) is 0 Å². The van der Waals surface area contributed by atoms with Gasteiger partial charge in [-0.1, -0.05) is 159 Å². The van der Waals surface area contributed by atoms with Crippen LogP contribution in [0.25, 0.3) is 76.2 Å². The summed E-state index contributed by atoms with van der Waals surface area (Å²) in [6.07, 6.45) is 4.33. The molecule has 0 saturated heterocycles. The second-order valence-corrected chi connectivity index (χ2v) is 17.7. The Kier molecular flexibility index (Phi) is 7.92. The van der Waals surface area contributed by atoms with Crippen LogP contribution in [0.2, 0.25) is 0 Å². The minimum atomic E-state index is -0.0975. The first-order chi connectivity index (χ1) is 29.5. The highest BCUT2D eigenvalue weighted by molar-refractivity contribution is 7.26. The molecule has 0 spiro atoms. The lowest BCUT2D eigenvalue weighted by atomic mass is 9.82. The van der Waals surface area contributed by atoms with Crippen LogP contribution in [0.4, 0.5) is 17.1 Å². The summed E-state index contributed by atoms with van der Waals surface area (Å²) in [4.78, 5) is 2.41. The van der Waals surface area contributed by atoms with E-state index in [9.17, 15) is 0 Å². The first-order valence-electron chi connectivity index (χ1n) is 21.0. The Balaban J connectivity index is 0.970. The number of hydrogen-bond donors (Lipinski definition) is 0. The van der Waals surface area contributed by atoms with Crippen LogP contribution in [0.1, 0.15) is 43.4 Å². The summed E-state index contributed by atoms with van der Waals surface area (Å²) in [6, 6.07) is 66.8. The van der Waals surface area contributed by atoms with Crippen molar-refractivity contribution in [3.05, 3.63) is 209 Å². The standard InChI is InChI=1S/C57H41NOS/c1-57(2)51-23-8-6-15-43(51)44-34-33-41(35-52(44)57)58(39-29-25-37(26-30-39)36-13-4-3-5-14-36)40-31-27-38(28-32-40)42-17-10-21-49-50-22-12-20-48(56(50)60-55(42)49)47-19-11-18-46-45-16-7-9-24-53(45)59-54(46)47/h3-10,12-18,20-35H,11,19H2,1-2H3. The smallest absolute Gasteiger partial charge is 0.138 e. The van der Waals surface area contributed by atoms with Crippen molar-refractivity contribution < 1.29 is 4.42 Å². The van der Waals surface area contributed by atoms with E-state index in [4.69, 9.17) is 4.42 Å². The molecule has 2 aliphatic carbocycles. The summed E-state index contributed by atoms with van der Waals surface area (Å²) in [7, 11) is 0. The second kappa shape index (κ2) is 13.6. The van der Waals surface area contributed by atoms with E-state index in [0.29, 0.717) is 0 Å². The first kappa shape index (κ1) is 35.0. The van der Waals surface area contributed by atoms with Crippen molar-refractivity contribution in [3.8, 4) is 33.4 Å². The molecule has 0 radical (unpaired) electrons. The molecular weight excluding hydrogens is 747 g/mol. The maximum atomic E-state index is 6.57. The molecule has 0 saturated carbocycles. The average molecular weight is 788 g/mol. The molecule has 0 N–H and O–H groups in total. The van der Waals surface area contributed by atoms with Crippen LogP contribution in [0.5, 0.6) is 0 Å². The fourth-order valence-electron chi connectivity index (χ4n) is 10.0. The second-order valence-electron chi connectivity index (χ2n) is 16.7. The van der Waals surface area contributed by atoms with Gasteiger partial charge in [-0.05, 0) is 105 Å². The van der Waals surface area contributed by atoms with E-state index < -0.39 is 0 Å². The van der Waals surface area contributed by atoms with Crippen LogP contribution < -0.4 is 15.5 Å². The van der Waals surface area contributed by atoms with Gasteiger partial charge in [0.15, 0.2) is 0 Å². The Morgan fingerprint density at radius 2 is 1.07 bits per heavy atom. The lowest BCUT2D eigenvalue weighted by molar-refractivity contribution is 0.568. The number of rotatable bonds is 6. The predicted octanol–water partition coefficient (Wildman–Crippen LogP) is 14.7. The first-order valence-corrected chi connectivity index (χ1v) is 21.8. The van der Waals surface area contributed by atoms with E-state index in [2.05, 4.69) is 207 Å². The van der Waals surface area contributed by atoms with E-state index >= 15 is 0 Å². The zero-order chi connectivity index (χ0) is 40.0. The normalized spacial score (nSPS) is 13.9. The van der Waals surface area contributed by atoms with Crippen molar-refractivity contribution in [1.82, 2.24) is 0 Å². The highest BCUT2D eigenvalue weighted by atomic mass is 32.1. The molecule has 2 heterocycles. The van der Waals surface area contributed by atoms with Gasteiger partial charge in [-0.2, -0.15) is 0 Å². The van der Waals surface area contributed by atoms with E-state index in [1.807, 2.05) is 11.3 Å². The number of hydrogen-bond acceptors (Lipinski definition) is 3. The minimum Gasteiger partial charge on any atom is -0.456 e. The SMILES string of the molecule is CC1(C)c2ccccc2-c2ccc(N(c3ccc(-c4ccccc4)cc3)c3ccc(-c4cccc5c4sc4c(C6=c7oc8ccccc8c7=CCC6)cccc45)cc3)cc21. The summed E-state index contributed by atoms with van der Waals surface area (Å²) < 4.78 is 9.21. The molecule has 0 fully saturated rings. The third kappa shape index (κ3) is 5.39. The van der Waals surface area contributed by atoms with Gasteiger partial charge >= 0.3 is 0 Å². The third-order valence-electron chi connectivity index (χ3n) is 13.0. The van der Waals surface area contributed by atoms with Gasteiger partial charge in [-0.3, -0.25) is 0 Å². The molecule has 0 amide bonds. The molecule has 2 aromatic heterocycles. The zero-order valence-electron chi connectivity index (χ0n) is 33.6. The van der Waals surface area contributed by atoms with Crippen molar-refractivity contribution in [2.24, 2.45) is 0 Å². The summed E-state index contributed by atoms with van der Waals surface area (Å²) in [6.45, 7) is 4.71. The van der Waals surface area contributed by atoms with Gasteiger partial charge in [-0.15, -0.1) is 11.3 Å². The summed E-state index contributed by atoms with van der Waals surface area (Å²) in [5.74, 6) is 0. The molecular formula is C57H41NOS. The van der Waals surface area contributed by atoms with Crippen molar-refractivity contribution in [2.45, 2.75) is 32.1 Å². The molecule has 10 aromatic rings. The van der Waals surface area contributed by atoms with Crippen LogP contribution in [-0.2, 0) is 5.41 Å². The lowest BCUT2D eigenvalue weighted by Crippen LogP contribution is -2.26. The summed E-state index contributed by atoms with van der Waals surface area (Å²) in [5, 5.41) is 5.04. The van der Waals surface area contributed by atoms with Crippen molar-refractivity contribution in [1.29, 1.82) is 0 Å². The average Bonchev–Trinajstić information content (AvgIpc) is 3.95. The van der Waals surface area contributed by atoms with E-state index in [1.54, 1.807) is 0 Å². The number of benzene rings is 8. The Morgan fingerprint density at radius 3 is 1.85 bits per heavy atom. The molecule has 0 aliphatic heterocycles. The number of para-hydroxylation sites is 1. The molecule has 2 aliphatic rings. The van der Waals surface area contributed by atoms with Gasteiger partial charge in [0.05, 0.1) is 0 Å². The molecule has 12 rings (SSSR count). The van der Waals surface area contributed by atoms with Gasteiger partial charge in [-0.25, -0.2) is 0 Å². The molecule has 60 heavy (non-hydrogen) atoms. The Morgan fingerprint density at radius 1 is 0.483 bits per heavy atom. The fraction of sp³-hybridized carbons (Fsp3) is 0.0877. The number of furan rings is 1. The third-order valence-corrected chi connectivity index (χ3v) is 14.3. The largest absolute Gasteiger partial charge is 0.456 e. The van der Waals surface area contributed by atoms with Crippen LogP contribution in [0.15, 0.2) is 186 Å². The monoisotopic (exact) mass is 787 g/mol. The van der Waals surface area contributed by atoms with Crippen molar-refractivity contribution in [3.63, 3.8) is 0 Å². The van der Waals surface area contributed by atoms with Crippen LogP contribution in [0, 0.1) is 0 Å². The molecule has 0 unspecified atom stereocenters. The molecule has 0 bridgehead atoms. The maximum Gasteiger partial charge on any atom is 0.138 e. The van der Waals surface area contributed by atoms with Crippen LogP contribution in [-0.4, -0.2) is 0 Å². The molecule has 2 nitrogen and oxygen atoms in total. The topological polar surface area (TPSA) is 16.4 Å². The van der Waals surface area contributed by atoms with Gasteiger partial charge in [0.1, 0.15) is 11.0 Å². The lowest BCUT2D eigenvalue weighted by Gasteiger charge is -2.28. The van der Waals surface area contributed by atoms with E-state index in [1.165, 1.54) is 86.4 Å². The number of nitrogens with zero attached hydrogens (tertiary/aromatic N) is 1. The number of anilines is 3. The Labute approximate surface area is 353 Å². The Hall–Kier alpha value is -6.94. The Bertz CT molecular complexity index is 3440. The van der Waals surface area contributed by atoms with Gasteiger partial charge in [0, 0.05) is 58.8 Å². The number of fused-ring (bicyclic) bond motifs is 9. The van der Waals surface area contributed by atoms with Crippen LogP contribution >= 0.6 is 11.3 Å². The minimum absolute atomic E-state index is 0.0975. The van der Waals surface area contributed by atoms with Crippen molar-refractivity contribution >= 4 is 71.2 Å². The molecule has 0 atom stereocenters. The molecule has 8 aromatic carbocycles. The summed E-state index contributed by atoms with van der Waals surface area (Å²) >= 11 is 1.91. The van der Waals surface area contributed by atoms with E-state index in [-0.39, 0.29) is 5.41 Å².